The number of aromatic nitrogens is 1. The second kappa shape index (κ2) is 4.38. The summed E-state index contributed by atoms with van der Waals surface area (Å²) in [6.45, 7) is 0.729. The van der Waals surface area contributed by atoms with Gasteiger partial charge in [-0.3, -0.25) is 9.78 Å². The summed E-state index contributed by atoms with van der Waals surface area (Å²) in [5.74, 6) is -0.00155. The minimum absolute atomic E-state index is 0.00155. The van der Waals surface area contributed by atoms with Crippen molar-refractivity contribution in [2.45, 2.75) is 18.9 Å². The van der Waals surface area contributed by atoms with Crippen molar-refractivity contribution in [2.24, 2.45) is 5.73 Å². The molecule has 92 valence electrons. The van der Waals surface area contributed by atoms with Gasteiger partial charge >= 0.3 is 0 Å². The van der Waals surface area contributed by atoms with Crippen molar-refractivity contribution in [3.8, 4) is 0 Å². The van der Waals surface area contributed by atoms with Crippen LogP contribution in [0.2, 0.25) is 0 Å². The molecule has 1 fully saturated rings. The van der Waals surface area contributed by atoms with E-state index in [0.717, 1.165) is 36.0 Å². The molecule has 1 aliphatic heterocycles. The molecule has 0 aliphatic carbocycles. The zero-order valence-electron chi connectivity index (χ0n) is 10.0. The monoisotopic (exact) mass is 241 g/mol. The summed E-state index contributed by atoms with van der Waals surface area (Å²) in [5, 5.41) is 1.04. The first kappa shape index (κ1) is 11.2. The number of amides is 1. The highest BCUT2D eigenvalue weighted by atomic mass is 16.2. The molecule has 3 rings (SSSR count). The topological polar surface area (TPSA) is 59.2 Å². The van der Waals surface area contributed by atoms with Gasteiger partial charge in [0.2, 0.25) is 5.91 Å². The molecule has 2 N–H and O–H groups in total. The largest absolute Gasteiger partial charge is 0.320 e. The van der Waals surface area contributed by atoms with Crippen molar-refractivity contribution in [3.63, 3.8) is 0 Å². The van der Waals surface area contributed by atoms with E-state index in [9.17, 15) is 4.79 Å². The third-order valence-electron chi connectivity index (χ3n) is 3.37. The number of carbonyl (C=O) groups is 1. The Morgan fingerprint density at radius 2 is 2.17 bits per heavy atom. The van der Waals surface area contributed by atoms with Crippen LogP contribution in [0.15, 0.2) is 36.5 Å². The fourth-order valence-electron chi connectivity index (χ4n) is 2.37. The number of carbonyl (C=O) groups excluding carboxylic acids is 1. The lowest BCUT2D eigenvalue weighted by molar-refractivity contribution is -0.120. The van der Waals surface area contributed by atoms with Crippen molar-refractivity contribution < 1.29 is 4.79 Å². The molecule has 1 aromatic carbocycles. The number of nitrogens with two attached hydrogens (primary N) is 1. The van der Waals surface area contributed by atoms with Crippen molar-refractivity contribution in [1.82, 2.24) is 4.98 Å². The van der Waals surface area contributed by atoms with Crippen molar-refractivity contribution in [3.05, 3.63) is 36.5 Å². The Kier molecular flexibility index (Phi) is 2.72. The average Bonchev–Trinajstić information content (AvgIpc) is 2.41. The smallest absolute Gasteiger partial charge is 0.243 e. The van der Waals surface area contributed by atoms with Crippen LogP contribution in [0.1, 0.15) is 12.8 Å². The number of piperidine rings is 1. The lowest BCUT2D eigenvalue weighted by atomic mass is 10.0. The van der Waals surface area contributed by atoms with Crippen LogP contribution in [0.3, 0.4) is 0 Å². The summed E-state index contributed by atoms with van der Waals surface area (Å²) in [5.41, 5.74) is 7.59. The minimum Gasteiger partial charge on any atom is -0.320 e. The lowest BCUT2D eigenvalue weighted by Crippen LogP contribution is -2.48. The van der Waals surface area contributed by atoms with Gasteiger partial charge in [0.05, 0.1) is 23.4 Å². The third-order valence-corrected chi connectivity index (χ3v) is 3.37. The molecule has 2 aromatic rings. The third kappa shape index (κ3) is 1.84. The van der Waals surface area contributed by atoms with Crippen molar-refractivity contribution in [2.75, 3.05) is 11.4 Å². The Morgan fingerprint density at radius 3 is 3.06 bits per heavy atom. The minimum atomic E-state index is -0.370. The molecule has 1 aliphatic rings. The van der Waals surface area contributed by atoms with Gasteiger partial charge in [-0.15, -0.1) is 0 Å². The molecular formula is C14H15N3O. The Labute approximate surface area is 105 Å². The molecule has 4 nitrogen and oxygen atoms in total. The highest BCUT2D eigenvalue weighted by Gasteiger charge is 2.26. The second-order valence-electron chi connectivity index (χ2n) is 4.62. The van der Waals surface area contributed by atoms with E-state index in [-0.39, 0.29) is 11.9 Å². The SMILES string of the molecule is NC1CCCN(c2cnc3ccccc3c2)C1=O. The maximum absolute atomic E-state index is 12.0. The molecule has 18 heavy (non-hydrogen) atoms. The second-order valence-corrected chi connectivity index (χ2v) is 4.62. The normalized spacial score (nSPS) is 20.4. The molecule has 1 unspecified atom stereocenters. The van der Waals surface area contributed by atoms with Crippen molar-refractivity contribution in [1.29, 1.82) is 0 Å². The summed E-state index contributed by atoms with van der Waals surface area (Å²) in [7, 11) is 0. The van der Waals surface area contributed by atoms with Gasteiger partial charge in [0.1, 0.15) is 0 Å². The fourth-order valence-corrected chi connectivity index (χ4v) is 2.37. The van der Waals surface area contributed by atoms with E-state index in [4.69, 9.17) is 5.73 Å². The highest BCUT2D eigenvalue weighted by molar-refractivity contribution is 5.99. The maximum atomic E-state index is 12.0. The van der Waals surface area contributed by atoms with Crippen LogP contribution in [-0.2, 0) is 4.79 Å². The van der Waals surface area contributed by atoms with E-state index in [1.807, 2.05) is 30.3 Å². The van der Waals surface area contributed by atoms with Crippen LogP contribution in [0.5, 0.6) is 0 Å². The van der Waals surface area contributed by atoms with Gasteiger partial charge in [-0.05, 0) is 25.0 Å². The Hall–Kier alpha value is -1.94. The number of hydrogen-bond acceptors (Lipinski definition) is 3. The van der Waals surface area contributed by atoms with Crippen LogP contribution in [0.4, 0.5) is 5.69 Å². The predicted molar refractivity (Wildman–Crippen MR) is 71.3 cm³/mol. The molecule has 1 amide bonds. The Morgan fingerprint density at radius 1 is 1.33 bits per heavy atom. The van der Waals surface area contributed by atoms with Gasteiger partial charge in [-0.1, -0.05) is 18.2 Å². The molecule has 2 heterocycles. The lowest BCUT2D eigenvalue weighted by Gasteiger charge is -2.30. The number of pyridine rings is 1. The van der Waals surface area contributed by atoms with Crippen LogP contribution in [0.25, 0.3) is 10.9 Å². The summed E-state index contributed by atoms with van der Waals surface area (Å²) < 4.78 is 0. The Bertz CT molecular complexity index is 596. The number of hydrogen-bond donors (Lipinski definition) is 1. The summed E-state index contributed by atoms with van der Waals surface area (Å²) >= 11 is 0. The average molecular weight is 241 g/mol. The summed E-state index contributed by atoms with van der Waals surface area (Å²) in [4.78, 5) is 18.2. The van der Waals surface area contributed by atoms with Gasteiger partial charge in [0.15, 0.2) is 0 Å². The molecule has 1 saturated heterocycles. The standard InChI is InChI=1S/C14H15N3O/c15-12-5-3-7-17(14(12)18)11-8-10-4-1-2-6-13(10)16-9-11/h1-2,4,6,8-9,12H,3,5,7,15H2. The first-order chi connectivity index (χ1) is 8.75. The predicted octanol–water partition coefficient (Wildman–Crippen LogP) is 1.69. The fraction of sp³-hybridized carbons (Fsp3) is 0.286. The number of para-hydroxylation sites is 1. The molecule has 4 heteroatoms. The first-order valence-corrected chi connectivity index (χ1v) is 6.17. The zero-order valence-corrected chi connectivity index (χ0v) is 10.0. The number of rotatable bonds is 1. The van der Waals surface area contributed by atoms with Crippen LogP contribution < -0.4 is 10.6 Å². The van der Waals surface area contributed by atoms with E-state index in [1.165, 1.54) is 0 Å². The van der Waals surface area contributed by atoms with Crippen molar-refractivity contribution >= 4 is 22.5 Å². The first-order valence-electron chi connectivity index (χ1n) is 6.17. The molecule has 1 aromatic heterocycles. The van der Waals surface area contributed by atoms with E-state index in [2.05, 4.69) is 4.98 Å². The number of anilines is 1. The van der Waals surface area contributed by atoms with Gasteiger partial charge in [-0.2, -0.15) is 0 Å². The van der Waals surface area contributed by atoms with Gasteiger partial charge < -0.3 is 10.6 Å². The molecule has 0 radical (unpaired) electrons. The maximum Gasteiger partial charge on any atom is 0.243 e. The quantitative estimate of drug-likeness (QED) is 0.826. The van der Waals surface area contributed by atoms with Gasteiger partial charge in [0.25, 0.3) is 0 Å². The van der Waals surface area contributed by atoms with Crippen LogP contribution in [-0.4, -0.2) is 23.5 Å². The number of nitrogens with zero attached hydrogens (tertiary/aromatic N) is 2. The van der Waals surface area contributed by atoms with E-state index in [0.29, 0.717) is 0 Å². The van der Waals surface area contributed by atoms with Crippen LogP contribution >= 0.6 is 0 Å². The molecule has 1 atom stereocenters. The van der Waals surface area contributed by atoms with Crippen LogP contribution in [0, 0.1) is 0 Å². The summed E-state index contributed by atoms with van der Waals surface area (Å²) in [6.07, 6.45) is 3.47. The molecule has 0 spiro atoms. The van der Waals surface area contributed by atoms with E-state index >= 15 is 0 Å². The highest BCUT2D eigenvalue weighted by Crippen LogP contribution is 2.23. The van der Waals surface area contributed by atoms with E-state index in [1.54, 1.807) is 11.1 Å². The molecule has 0 bridgehead atoms. The molecular weight excluding hydrogens is 226 g/mol. The Balaban J connectivity index is 2.01. The van der Waals surface area contributed by atoms with Gasteiger partial charge in [-0.25, -0.2) is 0 Å². The van der Waals surface area contributed by atoms with Gasteiger partial charge in [0, 0.05) is 11.9 Å². The zero-order chi connectivity index (χ0) is 12.5. The number of benzene rings is 1. The van der Waals surface area contributed by atoms with E-state index < -0.39 is 0 Å². The summed E-state index contributed by atoms with van der Waals surface area (Å²) in [6, 6.07) is 9.51. The number of fused-ring (bicyclic) bond motifs is 1. The molecule has 0 saturated carbocycles.